The second kappa shape index (κ2) is 9.04. The van der Waals surface area contributed by atoms with Crippen molar-refractivity contribution < 1.29 is 13.6 Å². The zero-order valence-electron chi connectivity index (χ0n) is 20.1. The van der Waals surface area contributed by atoms with Crippen LogP contribution in [0.25, 0.3) is 11.4 Å². The van der Waals surface area contributed by atoms with Crippen molar-refractivity contribution in [3.8, 4) is 17.1 Å². The molecule has 0 unspecified atom stereocenters. The summed E-state index contributed by atoms with van der Waals surface area (Å²) in [5.41, 5.74) is 1.11. The lowest BCUT2D eigenvalue weighted by Gasteiger charge is -2.15. The highest BCUT2D eigenvalue weighted by molar-refractivity contribution is 5.98. The molecule has 32 heavy (non-hydrogen) atoms. The number of aromatic nitrogens is 7. The van der Waals surface area contributed by atoms with Gasteiger partial charge in [0.05, 0.1) is 18.4 Å². The summed E-state index contributed by atoms with van der Waals surface area (Å²) in [5, 5.41) is 20.2. The summed E-state index contributed by atoms with van der Waals surface area (Å²) in [6.45, 7) is -2.72. The van der Waals surface area contributed by atoms with E-state index in [0.29, 0.717) is 22.8 Å². The molecule has 3 N–H and O–H groups in total. The van der Waals surface area contributed by atoms with Crippen molar-refractivity contribution in [1.29, 1.82) is 0 Å². The molecule has 1 amide bonds. The molecule has 162 valence electrons. The predicted molar refractivity (Wildman–Crippen MR) is 117 cm³/mol. The van der Waals surface area contributed by atoms with Gasteiger partial charge in [-0.05, 0) is 18.2 Å². The topological polar surface area (TPSA) is 145 Å². The number of nitrogens with one attached hydrogen (secondary N) is 3. The van der Waals surface area contributed by atoms with E-state index >= 15 is 0 Å². The minimum atomic E-state index is -2.72. The first kappa shape index (κ1) is 17.1. The number of aryl methyl sites for hydroxylation is 1. The number of hydrogen-bond donors (Lipinski definition) is 3. The van der Waals surface area contributed by atoms with E-state index < -0.39 is 12.9 Å². The number of ether oxygens (including phenoxy) is 1. The van der Waals surface area contributed by atoms with Gasteiger partial charge in [-0.1, -0.05) is 0 Å². The lowest BCUT2D eigenvalue weighted by molar-refractivity contribution is 0.0958. The Morgan fingerprint density at radius 2 is 1.97 bits per heavy atom. The molecule has 0 radical (unpaired) electrons. The number of nitrogens with zero attached hydrogens (tertiary/aromatic N) is 7. The van der Waals surface area contributed by atoms with Crippen LogP contribution >= 0.6 is 0 Å². The Bertz CT molecular complexity index is 1340. The molecule has 0 saturated carbocycles. The first-order valence-electron chi connectivity index (χ1n) is 10.8. The molecule has 0 aliphatic rings. The van der Waals surface area contributed by atoms with Gasteiger partial charge in [0, 0.05) is 48.5 Å². The van der Waals surface area contributed by atoms with Gasteiger partial charge >= 0.3 is 0 Å². The van der Waals surface area contributed by atoms with Gasteiger partial charge in [-0.2, -0.15) is 5.10 Å². The smallest absolute Gasteiger partial charge is 0.273 e. The molecule has 0 fully saturated rings. The highest BCUT2D eigenvalue weighted by Crippen LogP contribution is 2.35. The average Bonchev–Trinajstić information content (AvgIpc) is 3.24. The molecule has 4 aromatic heterocycles. The number of anilines is 4. The molecule has 0 aliphatic heterocycles. The largest absolute Gasteiger partial charge is 0.492 e. The standard InChI is InChI=1S/C20H20N10O2/c1-21-20(31)16-14(10-15(27-28-16)25-12-4-7-22-8-5-12)26-19-17(32-3)13(6-9-23-19)18-24-11-30(2)29-18/h4-11H,1-3H3,(H,21,31)(H2,22,23,25,26,27)/i1D3. The van der Waals surface area contributed by atoms with E-state index in [0.717, 1.165) is 0 Å². The number of pyridine rings is 2. The molecule has 0 spiro atoms. The van der Waals surface area contributed by atoms with Gasteiger partial charge < -0.3 is 20.7 Å². The Hall–Kier alpha value is -4.61. The normalized spacial score (nSPS) is 12.2. The van der Waals surface area contributed by atoms with E-state index in [1.165, 1.54) is 19.4 Å². The third-order valence-corrected chi connectivity index (χ3v) is 4.28. The van der Waals surface area contributed by atoms with Crippen LogP contribution in [-0.4, -0.2) is 54.9 Å². The first-order chi connectivity index (χ1) is 16.7. The molecule has 12 nitrogen and oxygen atoms in total. The van der Waals surface area contributed by atoms with Gasteiger partial charge in [-0.15, -0.1) is 10.2 Å². The summed E-state index contributed by atoms with van der Waals surface area (Å²) in [7, 11) is 3.19. The first-order valence-corrected chi connectivity index (χ1v) is 9.27. The Morgan fingerprint density at radius 1 is 1.12 bits per heavy atom. The monoisotopic (exact) mass is 435 g/mol. The van der Waals surface area contributed by atoms with Crippen molar-refractivity contribution >= 4 is 28.9 Å². The second-order valence-electron chi connectivity index (χ2n) is 6.41. The number of amides is 1. The molecule has 0 saturated heterocycles. The van der Waals surface area contributed by atoms with Crippen LogP contribution in [0, 0.1) is 0 Å². The van der Waals surface area contributed by atoms with Crippen molar-refractivity contribution in [3.63, 3.8) is 0 Å². The molecule has 4 aromatic rings. The molecule has 0 aliphatic carbocycles. The molecule has 12 heteroatoms. The Labute approximate surface area is 187 Å². The van der Waals surface area contributed by atoms with Crippen molar-refractivity contribution in [2.75, 3.05) is 24.7 Å². The highest BCUT2D eigenvalue weighted by atomic mass is 16.5. The van der Waals surface area contributed by atoms with Crippen molar-refractivity contribution in [2.45, 2.75) is 0 Å². The average molecular weight is 435 g/mol. The zero-order chi connectivity index (χ0) is 25.0. The molecule has 4 rings (SSSR count). The van der Waals surface area contributed by atoms with Crippen LogP contribution < -0.4 is 20.7 Å². The number of carbonyl (C=O) groups is 1. The molecule has 0 aromatic carbocycles. The van der Waals surface area contributed by atoms with E-state index in [9.17, 15) is 4.79 Å². The van der Waals surface area contributed by atoms with Crippen LogP contribution in [0.3, 0.4) is 0 Å². The van der Waals surface area contributed by atoms with Crippen LogP contribution in [-0.2, 0) is 7.05 Å². The lowest BCUT2D eigenvalue weighted by Crippen LogP contribution is -2.21. The van der Waals surface area contributed by atoms with Crippen molar-refractivity contribution in [2.24, 2.45) is 7.05 Å². The molecular formula is C20H20N10O2. The quantitative estimate of drug-likeness (QED) is 0.393. The van der Waals surface area contributed by atoms with Crippen LogP contribution in [0.2, 0.25) is 0 Å². The maximum Gasteiger partial charge on any atom is 0.273 e. The number of hydrogen-bond acceptors (Lipinski definition) is 10. The van der Waals surface area contributed by atoms with Crippen LogP contribution in [0.5, 0.6) is 5.75 Å². The summed E-state index contributed by atoms with van der Waals surface area (Å²) >= 11 is 0. The maximum absolute atomic E-state index is 12.7. The van der Waals surface area contributed by atoms with Crippen molar-refractivity contribution in [3.05, 3.63) is 54.9 Å². The van der Waals surface area contributed by atoms with Gasteiger partial charge in [0.1, 0.15) is 6.33 Å². The van der Waals surface area contributed by atoms with E-state index in [2.05, 4.69) is 40.9 Å². The summed E-state index contributed by atoms with van der Waals surface area (Å²) < 4.78 is 29.1. The zero-order valence-corrected chi connectivity index (χ0v) is 17.1. The predicted octanol–water partition coefficient (Wildman–Crippen LogP) is 1.92. The molecule has 0 atom stereocenters. The van der Waals surface area contributed by atoms with Gasteiger partial charge in [0.25, 0.3) is 5.91 Å². The fraction of sp³-hybridized carbons (Fsp3) is 0.150. The molecule has 4 heterocycles. The van der Waals surface area contributed by atoms with E-state index in [1.54, 1.807) is 48.6 Å². The number of rotatable bonds is 7. The third kappa shape index (κ3) is 4.28. The van der Waals surface area contributed by atoms with Gasteiger partial charge in [0.2, 0.25) is 0 Å². The highest BCUT2D eigenvalue weighted by Gasteiger charge is 2.20. The molecular weight excluding hydrogens is 412 g/mol. The summed E-state index contributed by atoms with van der Waals surface area (Å²) in [5.74, 6) is 0.273. The van der Waals surface area contributed by atoms with Crippen LogP contribution in [0.15, 0.2) is 49.2 Å². The minimum Gasteiger partial charge on any atom is -0.492 e. The van der Waals surface area contributed by atoms with Gasteiger partial charge in [0.15, 0.2) is 28.9 Å². The van der Waals surface area contributed by atoms with Crippen LogP contribution in [0.4, 0.5) is 23.0 Å². The fourth-order valence-electron chi connectivity index (χ4n) is 2.87. The number of methoxy groups -OCH3 is 1. The Balaban J connectivity index is 1.75. The number of carbonyl (C=O) groups excluding carboxylic acids is 1. The minimum absolute atomic E-state index is 0.134. The fourth-order valence-corrected chi connectivity index (χ4v) is 2.87. The molecule has 0 bridgehead atoms. The SMILES string of the molecule is [2H]C([2H])([2H])NC(=O)c1nnc(Nc2ccncc2)cc1Nc1nccc(-c2ncn(C)n2)c1OC. The lowest BCUT2D eigenvalue weighted by atomic mass is 10.2. The van der Waals surface area contributed by atoms with Gasteiger partial charge in [-0.25, -0.2) is 9.97 Å². The summed E-state index contributed by atoms with van der Waals surface area (Å²) in [4.78, 5) is 25.2. The van der Waals surface area contributed by atoms with Crippen molar-refractivity contribution in [1.82, 2.24) is 40.2 Å². The van der Waals surface area contributed by atoms with Gasteiger partial charge in [-0.3, -0.25) is 14.5 Å². The van der Waals surface area contributed by atoms with E-state index in [1.807, 2.05) is 5.32 Å². The summed E-state index contributed by atoms with van der Waals surface area (Å²) in [6, 6.07) is 6.62. The Kier molecular flexibility index (Phi) is 4.83. The summed E-state index contributed by atoms with van der Waals surface area (Å²) in [6.07, 6.45) is 6.25. The van der Waals surface area contributed by atoms with Crippen LogP contribution in [0.1, 0.15) is 14.6 Å². The second-order valence-corrected chi connectivity index (χ2v) is 6.41. The third-order valence-electron chi connectivity index (χ3n) is 4.28. The maximum atomic E-state index is 12.7. The van der Waals surface area contributed by atoms with E-state index in [4.69, 9.17) is 8.85 Å². The van der Waals surface area contributed by atoms with E-state index in [-0.39, 0.29) is 23.0 Å². The Morgan fingerprint density at radius 3 is 2.69 bits per heavy atom.